The third-order valence-electron chi connectivity index (χ3n) is 4.35. The molecule has 26 heavy (non-hydrogen) atoms. The molecule has 1 aromatic carbocycles. The smallest absolute Gasteiger partial charge is 0.272 e. The van der Waals surface area contributed by atoms with Gasteiger partial charge in [-0.2, -0.15) is 10.2 Å². The van der Waals surface area contributed by atoms with Crippen molar-refractivity contribution in [2.24, 2.45) is 0 Å². The van der Waals surface area contributed by atoms with Crippen molar-refractivity contribution in [1.82, 2.24) is 30.6 Å². The first-order chi connectivity index (χ1) is 12.3. The number of nitrogens with one attached hydrogen (secondary N) is 3. The molecule has 4 rings (SSSR count). The van der Waals surface area contributed by atoms with E-state index in [4.69, 9.17) is 0 Å². The summed E-state index contributed by atoms with van der Waals surface area (Å²) in [7, 11) is 0. The van der Waals surface area contributed by atoms with Crippen molar-refractivity contribution < 1.29 is 4.79 Å². The molecule has 0 radical (unpaired) electrons. The van der Waals surface area contributed by atoms with Crippen molar-refractivity contribution >= 4 is 18.3 Å². The van der Waals surface area contributed by atoms with Crippen LogP contribution in [-0.2, 0) is 26.1 Å². The molecule has 0 unspecified atom stereocenters. The highest BCUT2D eigenvalue weighted by Crippen LogP contribution is 2.15. The first-order valence-electron chi connectivity index (χ1n) is 8.40. The number of H-pyrrole nitrogens is 1. The molecule has 1 aliphatic rings. The van der Waals surface area contributed by atoms with Crippen molar-refractivity contribution in [3.05, 3.63) is 70.8 Å². The van der Waals surface area contributed by atoms with E-state index in [-0.39, 0.29) is 18.3 Å². The number of aromatic amines is 1. The molecule has 1 amide bonds. The van der Waals surface area contributed by atoms with Gasteiger partial charge in [-0.25, -0.2) is 0 Å². The fourth-order valence-electron chi connectivity index (χ4n) is 3.03. The van der Waals surface area contributed by atoms with Crippen molar-refractivity contribution in [2.45, 2.75) is 26.1 Å². The molecule has 0 saturated carbocycles. The quantitative estimate of drug-likeness (QED) is 0.635. The number of fused-ring (bicyclic) bond motifs is 1. The normalized spacial score (nSPS) is 12.9. The Kier molecular flexibility index (Phi) is 5.70. The Bertz CT molecular complexity index is 873. The second-order valence-corrected chi connectivity index (χ2v) is 6.17. The fraction of sp³-hybridized carbons (Fsp3) is 0.278. The van der Waals surface area contributed by atoms with Crippen LogP contribution >= 0.6 is 12.4 Å². The molecule has 3 heterocycles. The molecule has 1 aliphatic heterocycles. The van der Waals surface area contributed by atoms with Crippen LogP contribution in [0.2, 0.25) is 0 Å². The lowest BCUT2D eigenvalue weighted by molar-refractivity contribution is 0.0944. The van der Waals surface area contributed by atoms with Crippen molar-refractivity contribution in [1.29, 1.82) is 0 Å². The zero-order chi connectivity index (χ0) is 17.1. The number of halogens is 1. The van der Waals surface area contributed by atoms with E-state index in [0.717, 1.165) is 29.8 Å². The zero-order valence-corrected chi connectivity index (χ0v) is 15.1. The lowest BCUT2D eigenvalue weighted by atomic mass is 10.1. The van der Waals surface area contributed by atoms with Crippen molar-refractivity contribution in [2.75, 3.05) is 6.54 Å². The Balaban J connectivity index is 0.00000196. The number of hydrogen-bond acceptors (Lipinski definition) is 4. The van der Waals surface area contributed by atoms with Crippen LogP contribution in [0.1, 0.15) is 32.9 Å². The first-order valence-corrected chi connectivity index (χ1v) is 8.40. The third-order valence-corrected chi connectivity index (χ3v) is 4.35. The number of benzene rings is 1. The average molecular weight is 373 g/mol. The summed E-state index contributed by atoms with van der Waals surface area (Å²) in [5.41, 5.74) is 4.67. The molecule has 0 aliphatic carbocycles. The van der Waals surface area contributed by atoms with Crippen LogP contribution in [-0.4, -0.2) is 32.4 Å². The summed E-state index contributed by atoms with van der Waals surface area (Å²) in [5.74, 6) is -0.156. The van der Waals surface area contributed by atoms with E-state index in [2.05, 4.69) is 38.1 Å². The fourth-order valence-corrected chi connectivity index (χ4v) is 3.03. The standard InChI is InChI=1S/C18H20N6O.ClH/c25-18(17-15-10-19-7-6-16(15)22-23-17)20-8-14-9-21-24(12-14)11-13-4-2-1-3-5-13;/h1-5,9,12,19H,6-8,10-11H2,(H,20,25)(H,22,23);1H. The topological polar surface area (TPSA) is 87.6 Å². The highest BCUT2D eigenvalue weighted by atomic mass is 35.5. The van der Waals surface area contributed by atoms with Crippen LogP contribution < -0.4 is 10.6 Å². The van der Waals surface area contributed by atoms with Gasteiger partial charge in [-0.1, -0.05) is 30.3 Å². The molecule has 0 spiro atoms. The van der Waals surface area contributed by atoms with Crippen molar-refractivity contribution in [3.8, 4) is 0 Å². The van der Waals surface area contributed by atoms with Crippen molar-refractivity contribution in [3.63, 3.8) is 0 Å². The lowest BCUT2D eigenvalue weighted by Gasteiger charge is -2.12. The van der Waals surface area contributed by atoms with E-state index in [9.17, 15) is 4.79 Å². The van der Waals surface area contributed by atoms with E-state index in [1.807, 2.05) is 29.1 Å². The number of rotatable bonds is 5. The molecule has 0 saturated heterocycles. The summed E-state index contributed by atoms with van der Waals surface area (Å²) in [6.45, 7) is 2.75. The van der Waals surface area contributed by atoms with E-state index in [0.29, 0.717) is 25.3 Å². The molecular weight excluding hydrogens is 352 g/mol. The number of aromatic nitrogens is 4. The van der Waals surface area contributed by atoms with Crippen LogP contribution in [0.4, 0.5) is 0 Å². The minimum atomic E-state index is -0.156. The van der Waals surface area contributed by atoms with Crippen LogP contribution in [0, 0.1) is 0 Å². The molecular formula is C18H21ClN6O. The molecule has 0 fully saturated rings. The third kappa shape index (κ3) is 3.95. The Morgan fingerprint density at radius 1 is 1.23 bits per heavy atom. The Labute approximate surface area is 157 Å². The summed E-state index contributed by atoms with van der Waals surface area (Å²) in [5, 5.41) is 17.7. The van der Waals surface area contributed by atoms with Gasteiger partial charge in [0.25, 0.3) is 5.91 Å². The molecule has 2 aromatic heterocycles. The second kappa shape index (κ2) is 8.16. The second-order valence-electron chi connectivity index (χ2n) is 6.17. The SMILES string of the molecule is Cl.O=C(NCc1cnn(Cc2ccccc2)c1)c1n[nH]c2c1CNCC2. The molecule has 0 atom stereocenters. The molecule has 136 valence electrons. The summed E-state index contributed by atoms with van der Waals surface area (Å²) in [6.07, 6.45) is 4.61. The first kappa shape index (κ1) is 18.2. The molecule has 8 heteroatoms. The number of carbonyl (C=O) groups is 1. The van der Waals surface area contributed by atoms with Crippen LogP contribution in [0.5, 0.6) is 0 Å². The molecule has 3 N–H and O–H groups in total. The van der Waals surface area contributed by atoms with Gasteiger partial charge in [-0.3, -0.25) is 14.6 Å². The monoisotopic (exact) mass is 372 g/mol. The Morgan fingerprint density at radius 2 is 2.08 bits per heavy atom. The lowest BCUT2D eigenvalue weighted by Crippen LogP contribution is -2.28. The van der Waals surface area contributed by atoms with Gasteiger partial charge in [-0.15, -0.1) is 12.4 Å². The van der Waals surface area contributed by atoms with E-state index >= 15 is 0 Å². The predicted molar refractivity (Wildman–Crippen MR) is 100 cm³/mol. The summed E-state index contributed by atoms with van der Waals surface area (Å²) < 4.78 is 1.87. The van der Waals surface area contributed by atoms with Gasteiger partial charge in [0.15, 0.2) is 5.69 Å². The number of amides is 1. The molecule has 0 bridgehead atoms. The average Bonchev–Trinajstić information content (AvgIpc) is 3.27. The van der Waals surface area contributed by atoms with E-state index < -0.39 is 0 Å². The number of carbonyl (C=O) groups excluding carboxylic acids is 1. The minimum absolute atomic E-state index is 0. The van der Waals surface area contributed by atoms with Gasteiger partial charge in [0.05, 0.1) is 12.7 Å². The van der Waals surface area contributed by atoms with Gasteiger partial charge in [-0.05, 0) is 5.56 Å². The highest BCUT2D eigenvalue weighted by molar-refractivity contribution is 5.94. The van der Waals surface area contributed by atoms with Gasteiger partial charge >= 0.3 is 0 Å². The minimum Gasteiger partial charge on any atom is -0.346 e. The highest BCUT2D eigenvalue weighted by Gasteiger charge is 2.21. The summed E-state index contributed by atoms with van der Waals surface area (Å²) in [6, 6.07) is 10.2. The maximum absolute atomic E-state index is 12.4. The van der Waals surface area contributed by atoms with Gasteiger partial charge in [0.2, 0.25) is 0 Å². The largest absolute Gasteiger partial charge is 0.346 e. The van der Waals surface area contributed by atoms with Crippen LogP contribution in [0.3, 0.4) is 0 Å². The molecule has 7 nitrogen and oxygen atoms in total. The van der Waals surface area contributed by atoms with E-state index in [1.165, 1.54) is 5.56 Å². The predicted octanol–water partition coefficient (Wildman–Crippen LogP) is 1.65. The maximum atomic E-state index is 12.4. The van der Waals surface area contributed by atoms with E-state index in [1.54, 1.807) is 6.20 Å². The Hall–Kier alpha value is -2.64. The zero-order valence-electron chi connectivity index (χ0n) is 14.2. The van der Waals surface area contributed by atoms with Crippen LogP contribution in [0.15, 0.2) is 42.7 Å². The van der Waals surface area contributed by atoms with Gasteiger partial charge in [0.1, 0.15) is 0 Å². The van der Waals surface area contributed by atoms with Gasteiger partial charge in [0, 0.05) is 49.1 Å². The number of hydrogen-bond donors (Lipinski definition) is 3. The maximum Gasteiger partial charge on any atom is 0.272 e. The summed E-state index contributed by atoms with van der Waals surface area (Å²) >= 11 is 0. The van der Waals surface area contributed by atoms with Gasteiger partial charge < -0.3 is 10.6 Å². The van der Waals surface area contributed by atoms with Crippen LogP contribution in [0.25, 0.3) is 0 Å². The number of nitrogens with zero attached hydrogens (tertiary/aromatic N) is 3. The summed E-state index contributed by atoms with van der Waals surface area (Å²) in [4.78, 5) is 12.4. The molecule has 3 aromatic rings. The Morgan fingerprint density at radius 3 is 2.92 bits per heavy atom.